The number of nitrogens with zero attached hydrogens (tertiary/aromatic N) is 1. The van der Waals surface area contributed by atoms with Gasteiger partial charge in [-0.3, -0.25) is 0 Å². The fourth-order valence-corrected chi connectivity index (χ4v) is 1.22. The number of aromatic hydroxyl groups is 1. The lowest BCUT2D eigenvalue weighted by Gasteiger charge is -2.05. The van der Waals surface area contributed by atoms with E-state index in [4.69, 9.17) is 21.6 Å². The Balaban J connectivity index is 3.19. The first-order chi connectivity index (χ1) is 7.72. The Bertz CT molecular complexity index is 480. The highest BCUT2D eigenvalue weighted by Crippen LogP contribution is 2.30. The summed E-state index contributed by atoms with van der Waals surface area (Å²) in [5.41, 5.74) is 0.769. The number of rotatable bonds is 2. The maximum Gasteiger partial charge on any atom is 0.173 e. The van der Waals surface area contributed by atoms with Crippen LogP contribution in [0.15, 0.2) is 12.1 Å². The van der Waals surface area contributed by atoms with Gasteiger partial charge in [-0.05, 0) is 6.07 Å². The lowest BCUT2D eigenvalue weighted by Crippen LogP contribution is -1.89. The molecule has 0 aromatic heterocycles. The van der Waals surface area contributed by atoms with E-state index in [-0.39, 0.29) is 11.5 Å². The van der Waals surface area contributed by atoms with Gasteiger partial charge in [0.15, 0.2) is 11.5 Å². The van der Waals surface area contributed by atoms with Crippen molar-refractivity contribution in [2.24, 2.45) is 0 Å². The van der Waals surface area contributed by atoms with Crippen LogP contribution in [-0.4, -0.2) is 18.1 Å². The zero-order valence-corrected chi connectivity index (χ0v) is 9.51. The zero-order chi connectivity index (χ0) is 12.0. The number of halogens is 1. The maximum absolute atomic E-state index is 9.74. The quantitative estimate of drug-likeness (QED) is 0.632. The van der Waals surface area contributed by atoms with Gasteiger partial charge < -0.3 is 9.84 Å². The first kappa shape index (κ1) is 12.2. The summed E-state index contributed by atoms with van der Waals surface area (Å²) in [6, 6.07) is 4.95. The highest BCUT2D eigenvalue weighted by atomic mass is 35.5. The monoisotopic (exact) mass is 235 g/mol. The van der Waals surface area contributed by atoms with Crippen molar-refractivity contribution in [3.8, 4) is 29.4 Å². The summed E-state index contributed by atoms with van der Waals surface area (Å²) < 4.78 is 4.94. The second kappa shape index (κ2) is 5.90. The normalized spacial score (nSPS) is 8.81. The first-order valence-corrected chi connectivity index (χ1v) is 5.12. The van der Waals surface area contributed by atoms with Crippen LogP contribution in [0.2, 0.25) is 0 Å². The fraction of sp³-hybridized carbons (Fsp3) is 0.250. The summed E-state index contributed by atoms with van der Waals surface area (Å²) in [4.78, 5) is 0. The number of hydrogen-bond acceptors (Lipinski definition) is 3. The van der Waals surface area contributed by atoms with Gasteiger partial charge in [0.2, 0.25) is 0 Å². The summed E-state index contributed by atoms with van der Waals surface area (Å²) >= 11 is 5.48. The topological polar surface area (TPSA) is 53.2 Å². The Kier molecular flexibility index (Phi) is 4.51. The second-order valence-corrected chi connectivity index (χ2v) is 3.31. The molecule has 0 saturated carbocycles. The van der Waals surface area contributed by atoms with Gasteiger partial charge in [0, 0.05) is 18.4 Å². The molecule has 0 unspecified atom stereocenters. The molecule has 3 nitrogen and oxygen atoms in total. The molecule has 0 spiro atoms. The average Bonchev–Trinajstić information content (AvgIpc) is 2.31. The van der Waals surface area contributed by atoms with Crippen LogP contribution in [0, 0.1) is 23.2 Å². The van der Waals surface area contributed by atoms with Crippen LogP contribution in [0.5, 0.6) is 11.5 Å². The van der Waals surface area contributed by atoms with Crippen molar-refractivity contribution in [1.29, 1.82) is 5.26 Å². The Morgan fingerprint density at radius 2 is 2.25 bits per heavy atom. The van der Waals surface area contributed by atoms with E-state index in [1.54, 1.807) is 0 Å². The van der Waals surface area contributed by atoms with E-state index in [1.807, 2.05) is 6.07 Å². The van der Waals surface area contributed by atoms with E-state index < -0.39 is 0 Å². The Hall–Kier alpha value is -1.84. The molecule has 1 aromatic carbocycles. The Morgan fingerprint density at radius 3 is 2.81 bits per heavy atom. The van der Waals surface area contributed by atoms with Crippen molar-refractivity contribution in [1.82, 2.24) is 0 Å². The molecule has 1 aromatic rings. The van der Waals surface area contributed by atoms with Crippen LogP contribution < -0.4 is 4.74 Å². The summed E-state index contributed by atoms with van der Waals surface area (Å²) in [5.74, 6) is 6.16. The lowest BCUT2D eigenvalue weighted by molar-refractivity contribution is 0.372. The third kappa shape index (κ3) is 2.82. The number of phenols is 1. The molecule has 0 heterocycles. The van der Waals surface area contributed by atoms with Gasteiger partial charge in [-0.25, -0.2) is 0 Å². The summed E-state index contributed by atoms with van der Waals surface area (Å²) in [6.07, 6.45) is 0.528. The SMILES string of the molecule is COc1cc(C#N)cc(C#CCCCl)c1O. The predicted molar refractivity (Wildman–Crippen MR) is 61.6 cm³/mol. The smallest absolute Gasteiger partial charge is 0.173 e. The number of ether oxygens (including phenoxy) is 1. The minimum Gasteiger partial charge on any atom is -0.503 e. The van der Waals surface area contributed by atoms with Crippen LogP contribution in [0.1, 0.15) is 17.5 Å². The summed E-state index contributed by atoms with van der Waals surface area (Å²) in [6.45, 7) is 0. The van der Waals surface area contributed by atoms with Crippen LogP contribution in [0.25, 0.3) is 0 Å². The molecule has 0 amide bonds. The van der Waals surface area contributed by atoms with Crippen molar-refractivity contribution >= 4 is 11.6 Å². The van der Waals surface area contributed by atoms with Crippen molar-refractivity contribution in [3.05, 3.63) is 23.3 Å². The van der Waals surface area contributed by atoms with Gasteiger partial charge >= 0.3 is 0 Å². The third-order valence-electron chi connectivity index (χ3n) is 1.87. The molecule has 0 radical (unpaired) electrons. The lowest BCUT2D eigenvalue weighted by atomic mass is 10.1. The highest BCUT2D eigenvalue weighted by Gasteiger charge is 2.08. The number of alkyl halides is 1. The fourth-order valence-electron chi connectivity index (χ4n) is 1.13. The standard InChI is InChI=1S/C12H10ClNO2/c1-16-11-7-9(8-14)6-10(12(11)15)4-2-3-5-13/h6-7,15H,3,5H2,1H3. The molecule has 0 fully saturated rings. The zero-order valence-electron chi connectivity index (χ0n) is 8.75. The van der Waals surface area contributed by atoms with E-state index in [1.165, 1.54) is 19.2 Å². The number of methoxy groups -OCH3 is 1. The largest absolute Gasteiger partial charge is 0.503 e. The molecule has 1 rings (SSSR count). The van der Waals surface area contributed by atoms with Crippen LogP contribution in [-0.2, 0) is 0 Å². The van der Waals surface area contributed by atoms with Gasteiger partial charge in [-0.1, -0.05) is 11.8 Å². The number of benzene rings is 1. The minimum atomic E-state index is -0.0522. The molecular formula is C12H10ClNO2. The van der Waals surface area contributed by atoms with Crippen LogP contribution in [0.3, 0.4) is 0 Å². The van der Waals surface area contributed by atoms with Gasteiger partial charge in [0.1, 0.15) is 0 Å². The van der Waals surface area contributed by atoms with E-state index in [9.17, 15) is 5.11 Å². The molecule has 4 heteroatoms. The number of phenolic OH excluding ortho intramolecular Hbond substituents is 1. The highest BCUT2D eigenvalue weighted by molar-refractivity contribution is 6.18. The van der Waals surface area contributed by atoms with E-state index in [0.29, 0.717) is 23.4 Å². The molecule has 0 aliphatic rings. The van der Waals surface area contributed by atoms with Crippen molar-refractivity contribution in [3.63, 3.8) is 0 Å². The first-order valence-electron chi connectivity index (χ1n) is 4.59. The molecular weight excluding hydrogens is 226 g/mol. The van der Waals surface area contributed by atoms with Gasteiger partial charge in [-0.15, -0.1) is 11.6 Å². The minimum absolute atomic E-state index is 0.0522. The Labute approximate surface area is 99.2 Å². The van der Waals surface area contributed by atoms with Crippen molar-refractivity contribution in [2.75, 3.05) is 13.0 Å². The van der Waals surface area contributed by atoms with Crippen molar-refractivity contribution in [2.45, 2.75) is 6.42 Å². The van der Waals surface area contributed by atoms with Crippen LogP contribution in [0.4, 0.5) is 0 Å². The maximum atomic E-state index is 9.74. The summed E-state index contributed by atoms with van der Waals surface area (Å²) in [5, 5.41) is 18.5. The summed E-state index contributed by atoms with van der Waals surface area (Å²) in [7, 11) is 1.42. The molecule has 0 saturated heterocycles. The number of hydrogen-bond donors (Lipinski definition) is 1. The molecule has 0 aliphatic heterocycles. The Morgan fingerprint density at radius 1 is 1.50 bits per heavy atom. The second-order valence-electron chi connectivity index (χ2n) is 2.93. The molecule has 1 N–H and O–H groups in total. The predicted octanol–water partition coefficient (Wildman–Crippen LogP) is 2.25. The van der Waals surface area contributed by atoms with Gasteiger partial charge in [0.25, 0.3) is 0 Å². The average molecular weight is 236 g/mol. The molecule has 0 aliphatic carbocycles. The molecule has 82 valence electrons. The third-order valence-corrected chi connectivity index (χ3v) is 2.06. The van der Waals surface area contributed by atoms with Gasteiger partial charge in [0.05, 0.1) is 24.3 Å². The molecule has 0 atom stereocenters. The molecule has 16 heavy (non-hydrogen) atoms. The van der Waals surface area contributed by atoms with Crippen LogP contribution >= 0.6 is 11.6 Å². The molecule has 0 bridgehead atoms. The van der Waals surface area contributed by atoms with Crippen molar-refractivity contribution < 1.29 is 9.84 Å². The van der Waals surface area contributed by atoms with E-state index in [2.05, 4.69) is 11.8 Å². The number of nitriles is 1. The van der Waals surface area contributed by atoms with E-state index >= 15 is 0 Å². The van der Waals surface area contributed by atoms with Gasteiger partial charge in [-0.2, -0.15) is 5.26 Å². The van der Waals surface area contributed by atoms with E-state index in [0.717, 1.165) is 0 Å².